The molecule has 1 unspecified atom stereocenters. The lowest BCUT2D eigenvalue weighted by atomic mass is 10.0. The Kier molecular flexibility index (Phi) is 4.49. The van der Waals surface area contributed by atoms with Crippen molar-refractivity contribution in [1.29, 1.82) is 0 Å². The molecule has 0 spiro atoms. The minimum atomic E-state index is -4.45. The molecule has 0 radical (unpaired) electrons. The number of hydrogen-bond acceptors (Lipinski definition) is 1. The normalized spacial score (nSPS) is 12.8. The minimum Gasteiger partial charge on any atom is -0.345 e. The summed E-state index contributed by atoms with van der Waals surface area (Å²) >= 11 is 0. The highest BCUT2D eigenvalue weighted by Crippen LogP contribution is 2.30. The average Bonchev–Trinajstić information content (AvgIpc) is 2.46. The number of nitrogens with one attached hydrogen (secondary N) is 1. The number of carbonyl (C=O) groups is 1. The third kappa shape index (κ3) is 3.63. The highest BCUT2D eigenvalue weighted by Gasteiger charge is 2.30. The number of hydrogen-bond donors (Lipinski definition) is 1. The van der Waals surface area contributed by atoms with Crippen LogP contribution in [0, 0.1) is 5.82 Å². The molecule has 22 heavy (non-hydrogen) atoms. The van der Waals surface area contributed by atoms with E-state index in [9.17, 15) is 22.4 Å². The van der Waals surface area contributed by atoms with Crippen molar-refractivity contribution in [2.24, 2.45) is 0 Å². The maximum atomic E-state index is 13.5. The van der Waals surface area contributed by atoms with Gasteiger partial charge in [-0.15, -0.1) is 0 Å². The second kappa shape index (κ2) is 6.17. The summed E-state index contributed by atoms with van der Waals surface area (Å²) in [6, 6.07) is 9.38. The van der Waals surface area contributed by atoms with E-state index in [2.05, 4.69) is 5.32 Å². The van der Waals surface area contributed by atoms with Gasteiger partial charge in [0.05, 0.1) is 17.2 Å². The Morgan fingerprint density at radius 2 is 1.77 bits per heavy atom. The number of rotatable bonds is 3. The first kappa shape index (κ1) is 16.0. The zero-order chi connectivity index (χ0) is 16.3. The molecule has 116 valence electrons. The SMILES string of the molecule is CC(NC(=O)c1ccccc1F)c1cccc(C(F)(F)F)c1. The number of carbonyl (C=O) groups excluding carboxylic acids is 1. The van der Waals surface area contributed by atoms with Crippen LogP contribution in [0.15, 0.2) is 48.5 Å². The van der Waals surface area contributed by atoms with Gasteiger partial charge in [-0.1, -0.05) is 24.3 Å². The number of halogens is 4. The van der Waals surface area contributed by atoms with Crippen molar-refractivity contribution in [2.75, 3.05) is 0 Å². The molecule has 0 aromatic heterocycles. The Hall–Kier alpha value is -2.37. The summed E-state index contributed by atoms with van der Waals surface area (Å²) in [4.78, 5) is 12.0. The third-order valence-corrected chi connectivity index (χ3v) is 3.18. The Balaban J connectivity index is 2.18. The van der Waals surface area contributed by atoms with Crippen molar-refractivity contribution < 1.29 is 22.4 Å². The molecule has 2 aromatic rings. The first-order valence-corrected chi connectivity index (χ1v) is 6.51. The molecule has 0 aliphatic carbocycles. The molecule has 0 heterocycles. The molecule has 2 aromatic carbocycles. The van der Waals surface area contributed by atoms with Crippen molar-refractivity contribution >= 4 is 5.91 Å². The summed E-state index contributed by atoms with van der Waals surface area (Å²) < 4.78 is 51.5. The lowest BCUT2D eigenvalue weighted by molar-refractivity contribution is -0.137. The van der Waals surface area contributed by atoms with Crippen LogP contribution in [0.4, 0.5) is 17.6 Å². The van der Waals surface area contributed by atoms with Crippen molar-refractivity contribution in [2.45, 2.75) is 19.1 Å². The highest BCUT2D eigenvalue weighted by atomic mass is 19.4. The van der Waals surface area contributed by atoms with Gasteiger partial charge in [0.15, 0.2) is 0 Å². The van der Waals surface area contributed by atoms with Gasteiger partial charge in [0.1, 0.15) is 5.82 Å². The van der Waals surface area contributed by atoms with Crippen LogP contribution in [-0.4, -0.2) is 5.91 Å². The van der Waals surface area contributed by atoms with E-state index in [1.807, 2.05) is 0 Å². The van der Waals surface area contributed by atoms with Crippen LogP contribution in [0.1, 0.15) is 34.5 Å². The molecule has 0 aliphatic rings. The van der Waals surface area contributed by atoms with E-state index in [1.54, 1.807) is 0 Å². The van der Waals surface area contributed by atoms with Crippen molar-refractivity contribution in [3.63, 3.8) is 0 Å². The summed E-state index contributed by atoms with van der Waals surface area (Å²) in [5.74, 6) is -1.36. The predicted octanol–water partition coefficient (Wildman–Crippen LogP) is 4.34. The van der Waals surface area contributed by atoms with Crippen LogP contribution in [0.3, 0.4) is 0 Å². The number of alkyl halides is 3. The van der Waals surface area contributed by atoms with Gasteiger partial charge in [-0.05, 0) is 36.8 Å². The fourth-order valence-electron chi connectivity index (χ4n) is 1.99. The standard InChI is InChI=1S/C16H13F4NO/c1-10(11-5-4-6-12(9-11)16(18,19)20)21-15(22)13-7-2-3-8-14(13)17/h2-10H,1H3,(H,21,22). The first-order valence-electron chi connectivity index (χ1n) is 6.51. The van der Waals surface area contributed by atoms with E-state index < -0.39 is 29.5 Å². The first-order chi connectivity index (χ1) is 10.3. The predicted molar refractivity (Wildman–Crippen MR) is 73.7 cm³/mol. The minimum absolute atomic E-state index is 0.152. The summed E-state index contributed by atoms with van der Waals surface area (Å²) in [6.07, 6.45) is -4.45. The Bertz CT molecular complexity index is 682. The fourth-order valence-corrected chi connectivity index (χ4v) is 1.99. The van der Waals surface area contributed by atoms with Crippen LogP contribution >= 0.6 is 0 Å². The van der Waals surface area contributed by atoms with Gasteiger partial charge in [0.2, 0.25) is 0 Å². The Labute approximate surface area is 124 Å². The molecule has 0 bridgehead atoms. The van der Waals surface area contributed by atoms with E-state index in [4.69, 9.17) is 0 Å². The fraction of sp³-hybridized carbons (Fsp3) is 0.188. The number of benzene rings is 2. The highest BCUT2D eigenvalue weighted by molar-refractivity contribution is 5.94. The van der Waals surface area contributed by atoms with Gasteiger partial charge in [-0.25, -0.2) is 4.39 Å². The van der Waals surface area contributed by atoms with Crippen molar-refractivity contribution in [3.05, 3.63) is 71.0 Å². The smallest absolute Gasteiger partial charge is 0.345 e. The maximum Gasteiger partial charge on any atom is 0.416 e. The molecule has 1 amide bonds. The van der Waals surface area contributed by atoms with Gasteiger partial charge in [0.25, 0.3) is 5.91 Å². The molecule has 1 atom stereocenters. The van der Waals surface area contributed by atoms with E-state index >= 15 is 0 Å². The molecule has 0 saturated carbocycles. The van der Waals surface area contributed by atoms with E-state index in [0.717, 1.165) is 18.2 Å². The summed E-state index contributed by atoms with van der Waals surface area (Å²) in [5, 5.41) is 2.49. The van der Waals surface area contributed by atoms with Gasteiger partial charge < -0.3 is 5.32 Å². The topological polar surface area (TPSA) is 29.1 Å². The molecule has 1 N–H and O–H groups in total. The molecule has 0 aliphatic heterocycles. The molecule has 2 nitrogen and oxygen atoms in total. The van der Waals surface area contributed by atoms with Gasteiger partial charge in [0, 0.05) is 0 Å². The van der Waals surface area contributed by atoms with E-state index in [1.165, 1.54) is 37.3 Å². The molecular weight excluding hydrogens is 298 g/mol. The summed E-state index contributed by atoms with van der Waals surface area (Å²) in [7, 11) is 0. The van der Waals surface area contributed by atoms with Gasteiger partial charge >= 0.3 is 6.18 Å². The van der Waals surface area contributed by atoms with Crippen LogP contribution in [0.25, 0.3) is 0 Å². The summed E-state index contributed by atoms with van der Waals surface area (Å²) in [5.41, 5.74) is -0.655. The molecule has 0 fully saturated rings. The van der Waals surface area contributed by atoms with E-state index in [0.29, 0.717) is 5.56 Å². The molecule has 0 saturated heterocycles. The second-order valence-electron chi connectivity index (χ2n) is 4.80. The zero-order valence-corrected chi connectivity index (χ0v) is 11.6. The van der Waals surface area contributed by atoms with Crippen LogP contribution in [0.5, 0.6) is 0 Å². The van der Waals surface area contributed by atoms with Gasteiger partial charge in [-0.2, -0.15) is 13.2 Å². The Morgan fingerprint density at radius 3 is 2.41 bits per heavy atom. The quantitative estimate of drug-likeness (QED) is 0.840. The Morgan fingerprint density at radius 1 is 1.09 bits per heavy atom. The lowest BCUT2D eigenvalue weighted by Crippen LogP contribution is -2.27. The molecule has 2 rings (SSSR count). The van der Waals surface area contributed by atoms with Crippen LogP contribution in [0.2, 0.25) is 0 Å². The lowest BCUT2D eigenvalue weighted by Gasteiger charge is -2.16. The third-order valence-electron chi connectivity index (χ3n) is 3.18. The zero-order valence-electron chi connectivity index (χ0n) is 11.6. The largest absolute Gasteiger partial charge is 0.416 e. The average molecular weight is 311 g/mol. The molecule has 6 heteroatoms. The van der Waals surface area contributed by atoms with Crippen LogP contribution in [-0.2, 0) is 6.18 Å². The molecular formula is C16H13F4NO. The van der Waals surface area contributed by atoms with Crippen LogP contribution < -0.4 is 5.32 Å². The van der Waals surface area contributed by atoms with E-state index in [-0.39, 0.29) is 5.56 Å². The number of amides is 1. The van der Waals surface area contributed by atoms with Crippen molar-refractivity contribution in [1.82, 2.24) is 5.32 Å². The summed E-state index contributed by atoms with van der Waals surface area (Å²) in [6.45, 7) is 1.54. The van der Waals surface area contributed by atoms with Gasteiger partial charge in [-0.3, -0.25) is 4.79 Å². The van der Waals surface area contributed by atoms with Crippen molar-refractivity contribution in [3.8, 4) is 0 Å². The second-order valence-corrected chi connectivity index (χ2v) is 4.80. The maximum absolute atomic E-state index is 13.5. The monoisotopic (exact) mass is 311 g/mol.